The van der Waals surface area contributed by atoms with Crippen molar-refractivity contribution in [1.29, 1.82) is 0 Å². The first-order chi connectivity index (χ1) is 14.7. The molecule has 0 saturated carbocycles. The Morgan fingerprint density at radius 2 is 1.90 bits per heavy atom. The summed E-state index contributed by atoms with van der Waals surface area (Å²) in [5.41, 5.74) is 4.70. The Balaban J connectivity index is 1.61. The van der Waals surface area contributed by atoms with Gasteiger partial charge in [-0.1, -0.05) is 54.1 Å². The number of nitrogens with zero attached hydrogens (tertiary/aromatic N) is 3. The van der Waals surface area contributed by atoms with Crippen molar-refractivity contribution in [2.75, 3.05) is 12.4 Å². The Hall–Kier alpha value is -2.39. The highest BCUT2D eigenvalue weighted by Gasteiger charge is 2.13. The number of benzene rings is 2. The topological polar surface area (TPSA) is 63.5 Å². The fourth-order valence-electron chi connectivity index (χ4n) is 3.15. The number of hydrogen-bond acceptors (Lipinski definition) is 5. The molecule has 0 bridgehead atoms. The van der Waals surface area contributed by atoms with Crippen molar-refractivity contribution in [3.05, 3.63) is 81.4 Å². The molecule has 151 valence electrons. The molecule has 0 fully saturated rings. The van der Waals surface area contributed by atoms with Crippen LogP contribution in [0.1, 0.15) is 11.1 Å². The zero-order valence-corrected chi connectivity index (χ0v) is 18.6. The lowest BCUT2D eigenvalue weighted by molar-refractivity contribution is 0.430. The molecule has 0 spiro atoms. The van der Waals surface area contributed by atoms with E-state index in [-0.39, 0.29) is 0 Å². The molecule has 0 unspecified atom stereocenters. The highest BCUT2D eigenvalue weighted by molar-refractivity contribution is 9.10. The van der Waals surface area contributed by atoms with E-state index in [1.54, 1.807) is 25.4 Å². The van der Waals surface area contributed by atoms with Crippen LogP contribution in [-0.4, -0.2) is 29.3 Å². The molecule has 0 atom stereocenters. The second kappa shape index (κ2) is 9.62. The fraction of sp³-hybridized carbons (Fsp3) is 0.143. The molecule has 9 heteroatoms. The van der Waals surface area contributed by atoms with Gasteiger partial charge in [0, 0.05) is 36.9 Å². The summed E-state index contributed by atoms with van der Waals surface area (Å²) >= 11 is 9.94. The summed E-state index contributed by atoms with van der Waals surface area (Å²) in [7, 11) is 3.19. The van der Waals surface area contributed by atoms with E-state index in [1.807, 2.05) is 36.4 Å². The Morgan fingerprint density at radius 3 is 2.70 bits per heavy atom. The summed E-state index contributed by atoms with van der Waals surface area (Å²) in [5.74, 6) is 0.830. The first-order valence-electron chi connectivity index (χ1n) is 9.34. The third-order valence-corrected chi connectivity index (χ3v) is 5.44. The lowest BCUT2D eigenvalue weighted by Crippen LogP contribution is -2.20. The van der Waals surface area contributed by atoms with Crippen LogP contribution in [0.5, 0.6) is 0 Å². The first kappa shape index (κ1) is 20.9. The van der Waals surface area contributed by atoms with Gasteiger partial charge in [-0.3, -0.25) is 0 Å². The Kier molecular flexibility index (Phi) is 6.69. The number of anilines is 1. The molecule has 2 aromatic carbocycles. The SMILES string of the molecule is CO[B]NCc1cccc(CNc2cc(-c3ccccc3Cl)nc3c(Br)cnn23)c1. The molecule has 0 aliphatic heterocycles. The molecule has 0 amide bonds. The van der Waals surface area contributed by atoms with Gasteiger partial charge in [0.15, 0.2) is 5.65 Å². The fourth-order valence-corrected chi connectivity index (χ4v) is 3.73. The van der Waals surface area contributed by atoms with Crippen molar-refractivity contribution in [2.45, 2.75) is 13.1 Å². The van der Waals surface area contributed by atoms with Gasteiger partial charge in [-0.25, -0.2) is 4.98 Å². The van der Waals surface area contributed by atoms with Crippen LogP contribution < -0.4 is 10.5 Å². The van der Waals surface area contributed by atoms with Crippen molar-refractivity contribution in [1.82, 2.24) is 19.8 Å². The second-order valence-corrected chi connectivity index (χ2v) is 7.90. The summed E-state index contributed by atoms with van der Waals surface area (Å²) in [6, 6.07) is 18.0. The van der Waals surface area contributed by atoms with Crippen LogP contribution >= 0.6 is 27.5 Å². The average Bonchev–Trinajstić information content (AvgIpc) is 3.14. The number of fused-ring (bicyclic) bond motifs is 1. The summed E-state index contributed by atoms with van der Waals surface area (Å²) in [5, 5.41) is 11.7. The van der Waals surface area contributed by atoms with Gasteiger partial charge in [0.05, 0.1) is 16.4 Å². The molecule has 1 radical (unpaired) electrons. The van der Waals surface area contributed by atoms with Gasteiger partial charge in [0.2, 0.25) is 0 Å². The lowest BCUT2D eigenvalue weighted by Gasteiger charge is -2.12. The minimum atomic E-state index is 0.639. The second-order valence-electron chi connectivity index (χ2n) is 6.64. The molecule has 0 saturated heterocycles. The maximum atomic E-state index is 6.41. The van der Waals surface area contributed by atoms with Crippen molar-refractivity contribution in [2.24, 2.45) is 0 Å². The molecule has 4 aromatic rings. The van der Waals surface area contributed by atoms with Crippen molar-refractivity contribution in [3.63, 3.8) is 0 Å². The van der Waals surface area contributed by atoms with Crippen LogP contribution in [0.3, 0.4) is 0 Å². The van der Waals surface area contributed by atoms with Crippen LogP contribution in [0.2, 0.25) is 5.02 Å². The number of hydrogen-bond donors (Lipinski definition) is 2. The standard InChI is InChI=1S/C21H19BBrClN5O/c1-30-22-26-12-15-6-4-5-14(9-15)11-25-20-10-19(16-7-2-3-8-18(16)24)28-21-17(23)13-27-29(20)21/h2-10,13,25-26H,11-12H2,1H3. The van der Waals surface area contributed by atoms with Gasteiger partial charge in [0.25, 0.3) is 0 Å². The van der Waals surface area contributed by atoms with Gasteiger partial charge in [-0.05, 0) is 33.1 Å². The molecule has 4 rings (SSSR count). The highest BCUT2D eigenvalue weighted by atomic mass is 79.9. The first-order valence-corrected chi connectivity index (χ1v) is 10.5. The molecule has 6 nitrogen and oxygen atoms in total. The lowest BCUT2D eigenvalue weighted by atomic mass is 10.1. The smallest absolute Gasteiger partial charge is 0.395 e. The van der Waals surface area contributed by atoms with Gasteiger partial charge >= 0.3 is 7.62 Å². The maximum absolute atomic E-state index is 6.41. The number of nitrogens with one attached hydrogen (secondary N) is 2. The molecule has 0 aliphatic rings. The monoisotopic (exact) mass is 482 g/mol. The van der Waals surface area contributed by atoms with E-state index in [0.717, 1.165) is 32.8 Å². The summed E-state index contributed by atoms with van der Waals surface area (Å²) < 4.78 is 7.52. The van der Waals surface area contributed by atoms with Gasteiger partial charge in [-0.2, -0.15) is 9.61 Å². The minimum Gasteiger partial charge on any atom is -0.427 e. The molecule has 30 heavy (non-hydrogen) atoms. The third-order valence-electron chi connectivity index (χ3n) is 4.55. The van der Waals surface area contributed by atoms with Crippen LogP contribution in [-0.2, 0) is 17.7 Å². The zero-order valence-electron chi connectivity index (χ0n) is 16.3. The van der Waals surface area contributed by atoms with E-state index in [1.165, 1.54) is 5.56 Å². The zero-order chi connectivity index (χ0) is 20.9. The Bertz CT molecular complexity index is 1170. The Morgan fingerprint density at radius 1 is 1.10 bits per heavy atom. The summed E-state index contributed by atoms with van der Waals surface area (Å²) in [4.78, 5) is 4.74. The summed E-state index contributed by atoms with van der Waals surface area (Å²) in [6.07, 6.45) is 1.74. The number of rotatable bonds is 8. The normalized spacial score (nSPS) is 11.0. The van der Waals surface area contributed by atoms with Crippen molar-refractivity contribution in [3.8, 4) is 11.3 Å². The highest BCUT2D eigenvalue weighted by Crippen LogP contribution is 2.30. The quantitative estimate of drug-likeness (QED) is 0.281. The number of aromatic nitrogens is 3. The average molecular weight is 484 g/mol. The Labute approximate surface area is 189 Å². The van der Waals surface area contributed by atoms with Crippen molar-refractivity contribution >= 4 is 46.6 Å². The van der Waals surface area contributed by atoms with Crippen LogP contribution in [0.25, 0.3) is 16.9 Å². The molecule has 0 aliphatic carbocycles. The molecule has 2 aromatic heterocycles. The largest absolute Gasteiger partial charge is 0.427 e. The predicted molar refractivity (Wildman–Crippen MR) is 125 cm³/mol. The van der Waals surface area contributed by atoms with Gasteiger partial charge in [0.1, 0.15) is 5.82 Å². The van der Waals surface area contributed by atoms with E-state index < -0.39 is 0 Å². The predicted octanol–water partition coefficient (Wildman–Crippen LogP) is 4.69. The van der Waals surface area contributed by atoms with E-state index in [0.29, 0.717) is 18.1 Å². The molecule has 2 heterocycles. The molecular weight excluding hydrogens is 464 g/mol. The van der Waals surface area contributed by atoms with Crippen molar-refractivity contribution < 1.29 is 4.65 Å². The van der Waals surface area contributed by atoms with E-state index in [2.05, 4.69) is 49.8 Å². The van der Waals surface area contributed by atoms with Gasteiger partial charge in [-0.15, -0.1) is 0 Å². The minimum absolute atomic E-state index is 0.639. The van der Waals surface area contributed by atoms with Crippen LogP contribution in [0, 0.1) is 0 Å². The van der Waals surface area contributed by atoms with Crippen LogP contribution in [0.15, 0.2) is 65.3 Å². The van der Waals surface area contributed by atoms with E-state index >= 15 is 0 Å². The molecule has 2 N–H and O–H groups in total. The van der Waals surface area contributed by atoms with Crippen LogP contribution in [0.4, 0.5) is 5.82 Å². The molecular formula is C21H19BBrClN5O. The van der Waals surface area contributed by atoms with Gasteiger partial charge < -0.3 is 15.2 Å². The maximum Gasteiger partial charge on any atom is 0.395 e. The van der Waals surface area contributed by atoms with E-state index in [4.69, 9.17) is 21.2 Å². The summed E-state index contributed by atoms with van der Waals surface area (Å²) in [6.45, 7) is 1.34. The van der Waals surface area contributed by atoms with E-state index in [9.17, 15) is 0 Å². The number of halogens is 2. The third kappa shape index (κ3) is 4.68.